The highest BCUT2D eigenvalue weighted by Crippen LogP contribution is 2.08. The molecule has 2 atom stereocenters. The number of aliphatic hydroxyl groups excluding tert-OH is 2. The summed E-state index contributed by atoms with van der Waals surface area (Å²) in [5.41, 5.74) is 1.28. The molecule has 0 heterocycles. The lowest BCUT2D eigenvalue weighted by Crippen LogP contribution is -2.39. The minimum atomic E-state index is -2.11. The van der Waals surface area contributed by atoms with E-state index in [1.807, 2.05) is 0 Å². The molecule has 0 spiro atoms. The zero-order chi connectivity index (χ0) is 14.4. The molecule has 0 bridgehead atoms. The molecule has 0 fully saturated rings. The standard InChI is InChI=1S/C13H14O6/c14-7-9-3-1-8(2-4-9)5-6-10(15)11(16)12(17)13(18)19/h1-4,7,11-12,16-17H,5-6H2,(H,18,19). The summed E-state index contributed by atoms with van der Waals surface area (Å²) in [5, 5.41) is 26.8. The summed E-state index contributed by atoms with van der Waals surface area (Å²) >= 11 is 0. The molecule has 0 radical (unpaired) electrons. The van der Waals surface area contributed by atoms with E-state index in [1.54, 1.807) is 24.3 Å². The predicted octanol–water partition coefficient (Wildman–Crippen LogP) is -0.193. The van der Waals surface area contributed by atoms with Gasteiger partial charge in [0.1, 0.15) is 12.4 Å². The van der Waals surface area contributed by atoms with E-state index < -0.39 is 24.0 Å². The Morgan fingerprint density at radius 2 is 1.68 bits per heavy atom. The van der Waals surface area contributed by atoms with Crippen molar-refractivity contribution in [3.05, 3.63) is 35.4 Å². The summed E-state index contributed by atoms with van der Waals surface area (Å²) in [6.07, 6.45) is -3.13. The van der Waals surface area contributed by atoms with Crippen LogP contribution in [-0.2, 0) is 16.0 Å². The first-order valence-corrected chi connectivity index (χ1v) is 5.61. The van der Waals surface area contributed by atoms with E-state index in [2.05, 4.69) is 0 Å². The van der Waals surface area contributed by atoms with Crippen molar-refractivity contribution in [1.82, 2.24) is 0 Å². The molecule has 6 nitrogen and oxygen atoms in total. The highest BCUT2D eigenvalue weighted by atomic mass is 16.4. The number of rotatable bonds is 7. The first kappa shape index (κ1) is 15.0. The van der Waals surface area contributed by atoms with Crippen molar-refractivity contribution >= 4 is 18.0 Å². The third kappa shape index (κ3) is 4.27. The second-order valence-electron chi connectivity index (χ2n) is 4.05. The van der Waals surface area contributed by atoms with Gasteiger partial charge in [-0.25, -0.2) is 4.79 Å². The minimum Gasteiger partial charge on any atom is -0.479 e. The van der Waals surface area contributed by atoms with Crippen LogP contribution < -0.4 is 0 Å². The Balaban J connectivity index is 2.53. The molecule has 19 heavy (non-hydrogen) atoms. The lowest BCUT2D eigenvalue weighted by Gasteiger charge is -2.12. The number of ketones is 1. The zero-order valence-electron chi connectivity index (χ0n) is 10.0. The second-order valence-corrected chi connectivity index (χ2v) is 4.05. The monoisotopic (exact) mass is 266 g/mol. The van der Waals surface area contributed by atoms with Gasteiger partial charge in [0, 0.05) is 12.0 Å². The third-order valence-electron chi connectivity index (χ3n) is 2.66. The molecule has 1 aromatic rings. The van der Waals surface area contributed by atoms with Crippen molar-refractivity contribution in [1.29, 1.82) is 0 Å². The first-order chi connectivity index (χ1) is 8.95. The highest BCUT2D eigenvalue weighted by molar-refractivity contribution is 5.89. The maximum Gasteiger partial charge on any atom is 0.335 e. The smallest absolute Gasteiger partial charge is 0.335 e. The van der Waals surface area contributed by atoms with Crippen LogP contribution >= 0.6 is 0 Å². The molecule has 102 valence electrons. The summed E-state index contributed by atoms with van der Waals surface area (Å²) < 4.78 is 0. The summed E-state index contributed by atoms with van der Waals surface area (Å²) in [7, 11) is 0. The molecule has 6 heteroatoms. The van der Waals surface area contributed by atoms with Crippen LogP contribution in [0.1, 0.15) is 22.3 Å². The van der Waals surface area contributed by atoms with Crippen molar-refractivity contribution in [2.24, 2.45) is 0 Å². The van der Waals surface area contributed by atoms with Gasteiger partial charge in [0.05, 0.1) is 0 Å². The van der Waals surface area contributed by atoms with Crippen molar-refractivity contribution in [3.63, 3.8) is 0 Å². The van der Waals surface area contributed by atoms with Gasteiger partial charge in [-0.05, 0) is 12.0 Å². The first-order valence-electron chi connectivity index (χ1n) is 5.61. The molecule has 0 aliphatic carbocycles. The van der Waals surface area contributed by atoms with Gasteiger partial charge in [-0.1, -0.05) is 24.3 Å². The van der Waals surface area contributed by atoms with Gasteiger partial charge >= 0.3 is 5.97 Å². The number of carbonyl (C=O) groups excluding carboxylic acids is 2. The summed E-state index contributed by atoms with van der Waals surface area (Å²) in [6, 6.07) is 6.51. The van der Waals surface area contributed by atoms with E-state index in [9.17, 15) is 19.5 Å². The fraction of sp³-hybridized carbons (Fsp3) is 0.308. The van der Waals surface area contributed by atoms with Gasteiger partial charge in [0.15, 0.2) is 11.9 Å². The molecule has 0 amide bonds. The van der Waals surface area contributed by atoms with Gasteiger partial charge in [0.2, 0.25) is 0 Å². The van der Waals surface area contributed by atoms with Crippen LogP contribution in [0.15, 0.2) is 24.3 Å². The Morgan fingerprint density at radius 1 is 1.11 bits per heavy atom. The average molecular weight is 266 g/mol. The molecule has 0 aliphatic heterocycles. The number of aryl methyl sites for hydroxylation is 1. The summed E-state index contributed by atoms with van der Waals surface area (Å²) in [4.78, 5) is 32.3. The average Bonchev–Trinajstić information content (AvgIpc) is 2.43. The van der Waals surface area contributed by atoms with Crippen LogP contribution in [0, 0.1) is 0 Å². The summed E-state index contributed by atoms with van der Waals surface area (Å²) in [6.45, 7) is 0. The van der Waals surface area contributed by atoms with Crippen LogP contribution in [0.4, 0.5) is 0 Å². The predicted molar refractivity (Wildman–Crippen MR) is 64.8 cm³/mol. The highest BCUT2D eigenvalue weighted by Gasteiger charge is 2.29. The van der Waals surface area contributed by atoms with Crippen molar-refractivity contribution < 1.29 is 29.7 Å². The van der Waals surface area contributed by atoms with E-state index in [-0.39, 0.29) is 6.42 Å². The Labute approximate surface area is 109 Å². The topological polar surface area (TPSA) is 112 Å². The lowest BCUT2D eigenvalue weighted by atomic mass is 10.0. The Kier molecular flexibility index (Phi) is 5.35. The maximum absolute atomic E-state index is 11.5. The second kappa shape index (κ2) is 6.77. The fourth-order valence-corrected chi connectivity index (χ4v) is 1.49. The number of hydrogen-bond acceptors (Lipinski definition) is 5. The van der Waals surface area contributed by atoms with E-state index in [4.69, 9.17) is 10.2 Å². The van der Waals surface area contributed by atoms with E-state index in [0.29, 0.717) is 18.3 Å². The van der Waals surface area contributed by atoms with Gasteiger partial charge in [-0.15, -0.1) is 0 Å². The molecule has 3 N–H and O–H groups in total. The van der Waals surface area contributed by atoms with Gasteiger partial charge in [-0.3, -0.25) is 9.59 Å². The molecule has 1 rings (SSSR count). The van der Waals surface area contributed by atoms with Crippen LogP contribution in [0.3, 0.4) is 0 Å². The Hall–Kier alpha value is -2.05. The van der Waals surface area contributed by atoms with E-state index >= 15 is 0 Å². The van der Waals surface area contributed by atoms with Crippen LogP contribution in [0.25, 0.3) is 0 Å². The Bertz CT molecular complexity index is 465. The number of Topliss-reactive ketones (excluding diaryl/α,β-unsaturated/α-hetero) is 1. The fourth-order valence-electron chi connectivity index (χ4n) is 1.49. The van der Waals surface area contributed by atoms with Crippen LogP contribution in [0.2, 0.25) is 0 Å². The number of aldehydes is 1. The molecule has 0 saturated heterocycles. The minimum absolute atomic E-state index is 0.0913. The third-order valence-corrected chi connectivity index (χ3v) is 2.66. The van der Waals surface area contributed by atoms with Gasteiger partial charge < -0.3 is 15.3 Å². The molecule has 0 aromatic heterocycles. The van der Waals surface area contributed by atoms with E-state index in [1.165, 1.54) is 0 Å². The van der Waals surface area contributed by atoms with E-state index in [0.717, 1.165) is 5.56 Å². The number of aliphatic carboxylic acids is 1. The van der Waals surface area contributed by atoms with Crippen molar-refractivity contribution in [2.45, 2.75) is 25.0 Å². The molecular weight excluding hydrogens is 252 g/mol. The quantitative estimate of drug-likeness (QED) is 0.589. The number of carboxylic acid groups (broad SMARTS) is 1. The molecule has 2 unspecified atom stereocenters. The SMILES string of the molecule is O=Cc1ccc(CCC(=O)C(O)C(O)C(=O)O)cc1. The molecule has 1 aromatic carbocycles. The summed E-state index contributed by atoms with van der Waals surface area (Å²) in [5.74, 6) is -2.38. The normalized spacial score (nSPS) is 13.6. The Morgan fingerprint density at radius 3 is 2.16 bits per heavy atom. The number of carboxylic acids is 1. The zero-order valence-corrected chi connectivity index (χ0v) is 10.0. The van der Waals surface area contributed by atoms with Crippen LogP contribution in [0.5, 0.6) is 0 Å². The maximum atomic E-state index is 11.5. The largest absolute Gasteiger partial charge is 0.479 e. The molecule has 0 saturated carbocycles. The lowest BCUT2D eigenvalue weighted by molar-refractivity contribution is -0.157. The molecular formula is C13H14O6. The van der Waals surface area contributed by atoms with Gasteiger partial charge in [-0.2, -0.15) is 0 Å². The van der Waals surface area contributed by atoms with Crippen molar-refractivity contribution in [3.8, 4) is 0 Å². The number of carbonyl (C=O) groups is 3. The van der Waals surface area contributed by atoms with Gasteiger partial charge in [0.25, 0.3) is 0 Å². The number of benzene rings is 1. The molecule has 0 aliphatic rings. The number of hydrogen-bond donors (Lipinski definition) is 3. The number of aliphatic hydroxyl groups is 2. The van der Waals surface area contributed by atoms with Crippen molar-refractivity contribution in [2.75, 3.05) is 0 Å². The van der Waals surface area contributed by atoms with Crippen LogP contribution in [-0.4, -0.2) is 45.6 Å².